The van der Waals surface area contributed by atoms with E-state index in [0.29, 0.717) is 59.3 Å². The van der Waals surface area contributed by atoms with Crippen LogP contribution in [0, 0.1) is 0 Å². The van der Waals surface area contributed by atoms with E-state index in [4.69, 9.17) is 24.7 Å². The van der Waals surface area contributed by atoms with Gasteiger partial charge in [0.25, 0.3) is 0 Å². The van der Waals surface area contributed by atoms with Crippen LogP contribution in [0.25, 0.3) is 0 Å². The molecule has 21 heavy (non-hydrogen) atoms. The summed E-state index contributed by atoms with van der Waals surface area (Å²) in [6.07, 6.45) is 3.16. The van der Waals surface area contributed by atoms with E-state index in [0.717, 1.165) is 19.1 Å². The van der Waals surface area contributed by atoms with Crippen LogP contribution in [0.15, 0.2) is 0 Å². The van der Waals surface area contributed by atoms with Crippen molar-refractivity contribution in [1.82, 2.24) is 0 Å². The first-order valence-corrected chi connectivity index (χ1v) is 7.72. The van der Waals surface area contributed by atoms with E-state index in [-0.39, 0.29) is 0 Å². The zero-order valence-corrected chi connectivity index (χ0v) is 13.5. The lowest BCUT2D eigenvalue weighted by molar-refractivity contribution is -0.109. The number of hydrogen-bond acceptors (Lipinski definition) is 6. The van der Waals surface area contributed by atoms with Gasteiger partial charge in [-0.25, -0.2) is 0 Å². The number of hydrogen-bond donors (Lipinski definition) is 1. The number of nitrogens with two attached hydrogens (primary N) is 1. The van der Waals surface area contributed by atoms with E-state index in [9.17, 15) is 4.79 Å². The molecule has 0 aromatic rings. The molecule has 0 spiro atoms. The average molecular weight is 305 g/mol. The predicted molar refractivity (Wildman–Crippen MR) is 81.5 cm³/mol. The molecular formula is C15H31NO5. The molecule has 0 aliphatic heterocycles. The SMILES string of the molecule is CCCOCC(N)(COCCC)COCCOCCC=O. The molecule has 0 aromatic heterocycles. The minimum atomic E-state index is -0.632. The summed E-state index contributed by atoms with van der Waals surface area (Å²) in [5, 5.41) is 0. The molecule has 0 fully saturated rings. The Balaban J connectivity index is 3.87. The van der Waals surface area contributed by atoms with Crippen molar-refractivity contribution in [3.8, 4) is 0 Å². The van der Waals surface area contributed by atoms with Gasteiger partial charge in [0.2, 0.25) is 0 Å². The van der Waals surface area contributed by atoms with Gasteiger partial charge in [-0.2, -0.15) is 0 Å². The zero-order chi connectivity index (χ0) is 15.8. The fourth-order valence-electron chi connectivity index (χ4n) is 1.59. The van der Waals surface area contributed by atoms with Crippen LogP contribution in [0.2, 0.25) is 0 Å². The Morgan fingerprint density at radius 1 is 0.810 bits per heavy atom. The van der Waals surface area contributed by atoms with Crippen molar-refractivity contribution in [2.45, 2.75) is 38.6 Å². The van der Waals surface area contributed by atoms with Crippen molar-refractivity contribution in [1.29, 1.82) is 0 Å². The predicted octanol–water partition coefficient (Wildman–Crippen LogP) is 1.16. The van der Waals surface area contributed by atoms with E-state index in [1.54, 1.807) is 0 Å². The second-order valence-corrected chi connectivity index (χ2v) is 5.09. The number of rotatable bonds is 16. The van der Waals surface area contributed by atoms with E-state index < -0.39 is 5.54 Å². The molecule has 6 heteroatoms. The van der Waals surface area contributed by atoms with E-state index in [2.05, 4.69) is 13.8 Å². The standard InChI is InChI=1S/C15H31NO5/c1-3-7-19-12-15(16,13-20-8-4-2)14-21-11-10-18-9-5-6-17/h6H,3-5,7-14,16H2,1-2H3. The topological polar surface area (TPSA) is 80.0 Å². The highest BCUT2D eigenvalue weighted by atomic mass is 16.5. The third-order valence-electron chi connectivity index (χ3n) is 2.62. The lowest BCUT2D eigenvalue weighted by atomic mass is 10.1. The Morgan fingerprint density at radius 2 is 1.29 bits per heavy atom. The number of carbonyl (C=O) groups excluding carboxylic acids is 1. The fourth-order valence-corrected chi connectivity index (χ4v) is 1.59. The molecule has 0 aliphatic carbocycles. The Morgan fingerprint density at radius 3 is 1.76 bits per heavy atom. The fraction of sp³-hybridized carbons (Fsp3) is 0.933. The first-order valence-electron chi connectivity index (χ1n) is 7.72. The summed E-state index contributed by atoms with van der Waals surface area (Å²) in [7, 11) is 0. The third kappa shape index (κ3) is 12.9. The van der Waals surface area contributed by atoms with Crippen LogP contribution >= 0.6 is 0 Å². The summed E-state index contributed by atoms with van der Waals surface area (Å²) in [5.74, 6) is 0. The molecule has 6 nitrogen and oxygen atoms in total. The summed E-state index contributed by atoms with van der Waals surface area (Å²) in [6.45, 7) is 7.99. The molecule has 0 aliphatic rings. The van der Waals surface area contributed by atoms with Gasteiger partial charge in [0.05, 0.1) is 45.2 Å². The summed E-state index contributed by atoms with van der Waals surface area (Å²) < 4.78 is 21.8. The van der Waals surface area contributed by atoms with Crippen molar-refractivity contribution >= 4 is 6.29 Å². The smallest absolute Gasteiger partial charge is 0.122 e. The molecular weight excluding hydrogens is 274 g/mol. The zero-order valence-electron chi connectivity index (χ0n) is 13.5. The highest BCUT2D eigenvalue weighted by Crippen LogP contribution is 2.05. The Bertz CT molecular complexity index is 228. The second kappa shape index (κ2) is 14.4. The lowest BCUT2D eigenvalue weighted by Crippen LogP contribution is -2.53. The van der Waals surface area contributed by atoms with Crippen molar-refractivity contribution in [3.63, 3.8) is 0 Å². The lowest BCUT2D eigenvalue weighted by Gasteiger charge is -2.28. The Labute approximate surface area is 128 Å². The van der Waals surface area contributed by atoms with Crippen LogP contribution in [0.5, 0.6) is 0 Å². The van der Waals surface area contributed by atoms with Crippen molar-refractivity contribution in [2.24, 2.45) is 5.73 Å². The molecule has 0 unspecified atom stereocenters. The van der Waals surface area contributed by atoms with Gasteiger partial charge in [-0.05, 0) is 12.8 Å². The van der Waals surface area contributed by atoms with Gasteiger partial charge in [-0.15, -0.1) is 0 Å². The maximum absolute atomic E-state index is 10.1. The molecule has 0 saturated heterocycles. The number of ether oxygens (including phenoxy) is 4. The van der Waals surface area contributed by atoms with Crippen molar-refractivity contribution < 1.29 is 23.7 Å². The van der Waals surface area contributed by atoms with E-state index >= 15 is 0 Å². The van der Waals surface area contributed by atoms with Gasteiger partial charge in [-0.1, -0.05) is 13.8 Å². The molecule has 0 heterocycles. The van der Waals surface area contributed by atoms with Crippen LogP contribution in [-0.4, -0.2) is 64.7 Å². The average Bonchev–Trinajstić information content (AvgIpc) is 2.47. The molecule has 126 valence electrons. The minimum Gasteiger partial charge on any atom is -0.379 e. The first kappa shape index (κ1) is 20.5. The summed E-state index contributed by atoms with van der Waals surface area (Å²) in [4.78, 5) is 10.1. The normalized spacial score (nSPS) is 11.8. The molecule has 0 radical (unpaired) electrons. The van der Waals surface area contributed by atoms with Gasteiger partial charge >= 0.3 is 0 Å². The van der Waals surface area contributed by atoms with Gasteiger partial charge in [-0.3, -0.25) is 0 Å². The van der Waals surface area contributed by atoms with Gasteiger partial charge in [0.1, 0.15) is 6.29 Å². The first-order chi connectivity index (χ1) is 10.2. The van der Waals surface area contributed by atoms with Crippen LogP contribution in [0.1, 0.15) is 33.1 Å². The Hall–Kier alpha value is -0.530. The summed E-state index contributed by atoms with van der Waals surface area (Å²) >= 11 is 0. The monoisotopic (exact) mass is 305 g/mol. The largest absolute Gasteiger partial charge is 0.379 e. The van der Waals surface area contributed by atoms with Crippen molar-refractivity contribution in [3.05, 3.63) is 0 Å². The van der Waals surface area contributed by atoms with E-state index in [1.165, 1.54) is 0 Å². The van der Waals surface area contributed by atoms with Crippen LogP contribution in [-0.2, 0) is 23.7 Å². The van der Waals surface area contributed by atoms with Crippen LogP contribution in [0.3, 0.4) is 0 Å². The maximum Gasteiger partial charge on any atom is 0.122 e. The second-order valence-electron chi connectivity index (χ2n) is 5.09. The molecule has 0 saturated carbocycles. The number of carbonyl (C=O) groups is 1. The van der Waals surface area contributed by atoms with E-state index in [1.807, 2.05) is 0 Å². The summed E-state index contributed by atoms with van der Waals surface area (Å²) in [6, 6.07) is 0. The molecule has 0 aromatic carbocycles. The number of aldehydes is 1. The molecule has 0 rings (SSSR count). The molecule has 0 atom stereocenters. The summed E-state index contributed by atoms with van der Waals surface area (Å²) in [5.41, 5.74) is 5.65. The highest BCUT2D eigenvalue weighted by molar-refractivity contribution is 5.49. The van der Waals surface area contributed by atoms with Gasteiger partial charge < -0.3 is 29.5 Å². The molecule has 2 N–H and O–H groups in total. The minimum absolute atomic E-state index is 0.359. The Kier molecular flexibility index (Phi) is 14.0. The van der Waals surface area contributed by atoms with Gasteiger partial charge in [0, 0.05) is 19.6 Å². The highest BCUT2D eigenvalue weighted by Gasteiger charge is 2.26. The molecule has 0 amide bonds. The van der Waals surface area contributed by atoms with Crippen LogP contribution < -0.4 is 5.73 Å². The van der Waals surface area contributed by atoms with Crippen LogP contribution in [0.4, 0.5) is 0 Å². The maximum atomic E-state index is 10.1. The van der Waals surface area contributed by atoms with Gasteiger partial charge in [0.15, 0.2) is 0 Å². The van der Waals surface area contributed by atoms with Crippen molar-refractivity contribution in [2.75, 3.05) is 52.9 Å². The third-order valence-corrected chi connectivity index (χ3v) is 2.62. The molecule has 0 bridgehead atoms. The quantitative estimate of drug-likeness (QED) is 0.340.